The van der Waals surface area contributed by atoms with Crippen LogP contribution in [-0.4, -0.2) is 24.2 Å². The number of carbonyl (C=O) groups is 2. The van der Waals surface area contributed by atoms with Gasteiger partial charge in [-0.1, -0.05) is 43.3 Å². The highest BCUT2D eigenvalue weighted by Gasteiger charge is 2.11. The third-order valence-corrected chi connectivity index (χ3v) is 4.85. The fraction of sp³-hybridized carbons (Fsp3) is 0.250. The Morgan fingerprint density at radius 3 is 2.46 bits per heavy atom. The van der Waals surface area contributed by atoms with Crippen molar-refractivity contribution >= 4 is 52.5 Å². The molecule has 0 fully saturated rings. The molecule has 0 saturated heterocycles. The molecule has 0 atom stereocenters. The van der Waals surface area contributed by atoms with Gasteiger partial charge in [0.1, 0.15) is 0 Å². The zero-order chi connectivity index (χ0) is 20.4. The van der Waals surface area contributed by atoms with Crippen LogP contribution in [0.2, 0.25) is 0 Å². The molecule has 0 spiro atoms. The molecule has 148 valence electrons. The van der Waals surface area contributed by atoms with E-state index in [1.807, 2.05) is 55.5 Å². The van der Waals surface area contributed by atoms with Crippen molar-refractivity contribution in [2.45, 2.75) is 36.0 Å². The van der Waals surface area contributed by atoms with Crippen molar-refractivity contribution in [2.75, 3.05) is 17.7 Å². The third kappa shape index (κ3) is 7.21. The molecule has 0 aliphatic rings. The molecule has 8 heteroatoms. The molecule has 6 nitrogen and oxygen atoms in total. The molecule has 2 rings (SSSR count). The second-order valence-corrected chi connectivity index (χ2v) is 7.40. The number of methoxy groups -OCH3 is 1. The monoisotopic (exact) mass is 417 g/mol. The van der Waals surface area contributed by atoms with Crippen LogP contribution in [-0.2, 0) is 9.53 Å². The van der Waals surface area contributed by atoms with Gasteiger partial charge in [-0.2, -0.15) is 0 Å². The number of benzene rings is 2. The molecule has 0 aliphatic carbocycles. The van der Waals surface area contributed by atoms with Gasteiger partial charge in [-0.25, -0.2) is 4.79 Å². The predicted octanol–water partition coefficient (Wildman–Crippen LogP) is 5.02. The lowest BCUT2D eigenvalue weighted by Gasteiger charge is -2.15. The van der Waals surface area contributed by atoms with Gasteiger partial charge in [-0.15, -0.1) is 0 Å². The topological polar surface area (TPSA) is 79.5 Å². The standard InChI is InChI=1S/C20H23N3O3S2/c1-3-4-10-18(24)21-17-13-15(28-14-8-6-5-7-9-14)11-12-16(17)22-19(27)23-20(25)26-2/h5-9,11-13H,3-4,10H2,1-2H3,(H,21,24)(H2,22,23,25,27). The van der Waals surface area contributed by atoms with E-state index in [1.165, 1.54) is 7.11 Å². The minimum Gasteiger partial charge on any atom is -0.453 e. The normalized spacial score (nSPS) is 10.1. The first-order valence-corrected chi connectivity index (χ1v) is 10.1. The van der Waals surface area contributed by atoms with E-state index in [0.29, 0.717) is 17.8 Å². The van der Waals surface area contributed by atoms with Gasteiger partial charge in [0.05, 0.1) is 18.5 Å². The average Bonchev–Trinajstić information content (AvgIpc) is 2.69. The Labute approximate surface area is 174 Å². The van der Waals surface area contributed by atoms with E-state index in [9.17, 15) is 9.59 Å². The van der Waals surface area contributed by atoms with Crippen LogP contribution in [0.15, 0.2) is 58.3 Å². The second-order valence-electron chi connectivity index (χ2n) is 5.84. The van der Waals surface area contributed by atoms with Crippen molar-refractivity contribution in [2.24, 2.45) is 0 Å². The summed E-state index contributed by atoms with van der Waals surface area (Å²) < 4.78 is 4.53. The van der Waals surface area contributed by atoms with Crippen LogP contribution in [0.25, 0.3) is 0 Å². The lowest BCUT2D eigenvalue weighted by molar-refractivity contribution is -0.116. The van der Waals surface area contributed by atoms with Crippen LogP contribution in [0.3, 0.4) is 0 Å². The van der Waals surface area contributed by atoms with Crippen LogP contribution < -0.4 is 16.0 Å². The van der Waals surface area contributed by atoms with Crippen molar-refractivity contribution in [1.29, 1.82) is 0 Å². The number of anilines is 2. The molecule has 0 aliphatic heterocycles. The number of hydrogen-bond donors (Lipinski definition) is 3. The van der Waals surface area contributed by atoms with Crippen molar-refractivity contribution in [3.8, 4) is 0 Å². The Balaban J connectivity index is 2.20. The fourth-order valence-corrected chi connectivity index (χ4v) is 3.34. The highest BCUT2D eigenvalue weighted by atomic mass is 32.2. The number of ether oxygens (including phenoxy) is 1. The zero-order valence-electron chi connectivity index (χ0n) is 15.8. The van der Waals surface area contributed by atoms with Gasteiger partial charge in [0, 0.05) is 16.2 Å². The van der Waals surface area contributed by atoms with Crippen molar-refractivity contribution in [1.82, 2.24) is 5.32 Å². The molecule has 0 radical (unpaired) electrons. The Bertz CT molecular complexity index is 829. The summed E-state index contributed by atoms with van der Waals surface area (Å²) in [5.41, 5.74) is 1.18. The van der Waals surface area contributed by atoms with Crippen LogP contribution in [0, 0.1) is 0 Å². The molecule has 0 unspecified atom stereocenters. The summed E-state index contributed by atoms with van der Waals surface area (Å²) in [6, 6.07) is 15.6. The Hall–Kier alpha value is -2.58. The molecule has 0 heterocycles. The van der Waals surface area contributed by atoms with E-state index in [2.05, 4.69) is 20.7 Å². The first-order valence-electron chi connectivity index (χ1n) is 8.84. The number of nitrogens with one attached hydrogen (secondary N) is 3. The second kappa shape index (κ2) is 11.3. The molecule has 3 N–H and O–H groups in total. The number of hydrogen-bond acceptors (Lipinski definition) is 5. The number of thiocarbonyl (C=S) groups is 1. The number of alkyl carbamates (subject to hydrolysis) is 1. The van der Waals surface area contributed by atoms with Crippen LogP contribution in [0.5, 0.6) is 0 Å². The first kappa shape index (κ1) is 21.7. The summed E-state index contributed by atoms with van der Waals surface area (Å²) in [7, 11) is 1.26. The van der Waals surface area contributed by atoms with E-state index in [4.69, 9.17) is 12.2 Å². The maximum Gasteiger partial charge on any atom is 0.413 e. The molecule has 2 amide bonds. The third-order valence-electron chi connectivity index (χ3n) is 3.65. The summed E-state index contributed by atoms with van der Waals surface area (Å²) in [5, 5.41) is 8.32. The molecular formula is C20H23N3O3S2. The molecule has 28 heavy (non-hydrogen) atoms. The van der Waals surface area contributed by atoms with Gasteiger partial charge < -0.3 is 15.4 Å². The predicted molar refractivity (Wildman–Crippen MR) is 117 cm³/mol. The molecular weight excluding hydrogens is 394 g/mol. The quantitative estimate of drug-likeness (QED) is 0.549. The summed E-state index contributed by atoms with van der Waals surface area (Å²) in [5.74, 6) is -0.0707. The van der Waals surface area contributed by atoms with Crippen molar-refractivity contribution in [3.63, 3.8) is 0 Å². The number of unbranched alkanes of at least 4 members (excludes halogenated alkanes) is 1. The average molecular weight is 418 g/mol. The van der Waals surface area contributed by atoms with Crippen LogP contribution in [0.4, 0.5) is 16.2 Å². The SMILES string of the molecule is CCCCC(=O)Nc1cc(Sc2ccccc2)ccc1NC(=S)NC(=O)OC. The number of amides is 2. The van der Waals surface area contributed by atoms with Crippen LogP contribution in [0.1, 0.15) is 26.2 Å². The van der Waals surface area contributed by atoms with Crippen molar-refractivity contribution < 1.29 is 14.3 Å². The van der Waals surface area contributed by atoms with E-state index in [1.54, 1.807) is 11.8 Å². The summed E-state index contributed by atoms with van der Waals surface area (Å²) in [4.78, 5) is 25.6. The fourth-order valence-electron chi connectivity index (χ4n) is 2.27. The van der Waals surface area contributed by atoms with Gasteiger partial charge >= 0.3 is 6.09 Å². The highest BCUT2D eigenvalue weighted by molar-refractivity contribution is 7.99. The van der Waals surface area contributed by atoms with Gasteiger partial charge in [0.15, 0.2) is 5.11 Å². The molecule has 2 aromatic carbocycles. The molecule has 0 bridgehead atoms. The Morgan fingerprint density at radius 2 is 1.79 bits per heavy atom. The van der Waals surface area contributed by atoms with Gasteiger partial charge in [-0.05, 0) is 49.0 Å². The maximum absolute atomic E-state index is 12.2. The van der Waals surface area contributed by atoms with Gasteiger partial charge in [-0.3, -0.25) is 10.1 Å². The summed E-state index contributed by atoms with van der Waals surface area (Å²) >= 11 is 6.71. The van der Waals surface area contributed by atoms with E-state index >= 15 is 0 Å². The zero-order valence-corrected chi connectivity index (χ0v) is 17.4. The maximum atomic E-state index is 12.2. The number of carbonyl (C=O) groups excluding carboxylic acids is 2. The van der Waals surface area contributed by atoms with E-state index < -0.39 is 6.09 Å². The summed E-state index contributed by atoms with van der Waals surface area (Å²) in [6.07, 6.45) is 1.53. The minimum atomic E-state index is -0.665. The van der Waals surface area contributed by atoms with Crippen molar-refractivity contribution in [3.05, 3.63) is 48.5 Å². The lowest BCUT2D eigenvalue weighted by atomic mass is 10.2. The first-order chi connectivity index (χ1) is 13.5. The molecule has 0 saturated carbocycles. The van der Waals surface area contributed by atoms with Gasteiger partial charge in [0.2, 0.25) is 5.91 Å². The van der Waals surface area contributed by atoms with E-state index in [-0.39, 0.29) is 11.0 Å². The minimum absolute atomic E-state index is 0.0707. The number of rotatable bonds is 7. The van der Waals surface area contributed by atoms with Crippen LogP contribution >= 0.6 is 24.0 Å². The molecule has 2 aromatic rings. The summed E-state index contributed by atoms with van der Waals surface area (Å²) in [6.45, 7) is 2.04. The van der Waals surface area contributed by atoms with E-state index in [0.717, 1.165) is 22.6 Å². The smallest absolute Gasteiger partial charge is 0.413 e. The lowest BCUT2D eigenvalue weighted by Crippen LogP contribution is -2.34. The Kier molecular flexibility index (Phi) is 8.77. The molecule has 0 aromatic heterocycles. The Morgan fingerprint density at radius 1 is 1.04 bits per heavy atom. The highest BCUT2D eigenvalue weighted by Crippen LogP contribution is 2.33. The largest absolute Gasteiger partial charge is 0.453 e. The van der Waals surface area contributed by atoms with Gasteiger partial charge in [0.25, 0.3) is 0 Å².